The molecule has 3 rings (SSSR count). The molecule has 0 heterocycles. The zero-order valence-corrected chi connectivity index (χ0v) is 20.9. The van der Waals surface area contributed by atoms with E-state index in [1.807, 2.05) is 26.0 Å². The number of carbonyl (C=O) groups excluding carboxylic acids is 1. The minimum atomic E-state index is -4.18. The number of carbonyl (C=O) groups is 1. The number of ether oxygens (including phenoxy) is 1. The molecule has 0 spiro atoms. The first-order valence-electron chi connectivity index (χ1n) is 10.6. The van der Waals surface area contributed by atoms with Gasteiger partial charge in [0.1, 0.15) is 16.5 Å². The average molecular weight is 511 g/mol. The number of anilines is 1. The lowest BCUT2D eigenvalue weighted by atomic mass is 10.1. The number of benzene rings is 3. The van der Waals surface area contributed by atoms with E-state index >= 15 is 0 Å². The number of nitriles is 1. The third-order valence-electron chi connectivity index (χ3n) is 4.79. The maximum Gasteiger partial charge on any atom is 0.339 e. The van der Waals surface area contributed by atoms with Crippen molar-refractivity contribution in [3.05, 3.63) is 87.9 Å². The van der Waals surface area contributed by atoms with E-state index in [0.717, 1.165) is 11.1 Å². The lowest BCUT2D eigenvalue weighted by Gasteiger charge is -2.14. The van der Waals surface area contributed by atoms with Crippen molar-refractivity contribution in [3.63, 3.8) is 0 Å². The first-order valence-corrected chi connectivity index (χ1v) is 12.4. The number of hydrogen-bond acceptors (Lipinski definition) is 6. The molecule has 0 radical (unpaired) electrons. The van der Waals surface area contributed by atoms with Gasteiger partial charge in [-0.15, -0.1) is 0 Å². The number of rotatable bonds is 8. The summed E-state index contributed by atoms with van der Waals surface area (Å²) in [6, 6.07) is 18.0. The average Bonchev–Trinajstić information content (AvgIpc) is 2.80. The van der Waals surface area contributed by atoms with E-state index in [2.05, 4.69) is 5.32 Å². The van der Waals surface area contributed by atoms with Crippen LogP contribution in [-0.4, -0.2) is 20.9 Å². The highest BCUT2D eigenvalue weighted by atomic mass is 35.5. The standard InChI is InChI=1S/C26H23ClN2O5S/c1-4-33-24-15-19(13-20(16-28)26(30)29-21-7-5-6-18(3)12-21)14-23(27)25(24)34-35(31,32)22-10-8-17(2)9-11-22/h5-15H,4H2,1-3H3,(H,29,30)/b20-13+. The van der Waals surface area contributed by atoms with Crippen LogP contribution in [0.2, 0.25) is 5.02 Å². The Morgan fingerprint density at radius 2 is 1.80 bits per heavy atom. The normalized spacial score (nSPS) is 11.5. The molecule has 0 aromatic heterocycles. The number of nitrogens with zero attached hydrogens (tertiary/aromatic N) is 1. The smallest absolute Gasteiger partial charge is 0.339 e. The van der Waals surface area contributed by atoms with Crippen LogP contribution in [0.3, 0.4) is 0 Å². The Kier molecular flexibility index (Phi) is 8.18. The van der Waals surface area contributed by atoms with E-state index in [4.69, 9.17) is 20.5 Å². The van der Waals surface area contributed by atoms with Crippen molar-refractivity contribution in [3.8, 4) is 17.6 Å². The molecule has 0 aliphatic rings. The van der Waals surface area contributed by atoms with Crippen molar-refractivity contribution in [1.29, 1.82) is 5.26 Å². The van der Waals surface area contributed by atoms with Crippen molar-refractivity contribution in [2.24, 2.45) is 0 Å². The van der Waals surface area contributed by atoms with E-state index in [9.17, 15) is 18.5 Å². The first-order chi connectivity index (χ1) is 16.6. The third-order valence-corrected chi connectivity index (χ3v) is 6.30. The predicted molar refractivity (Wildman–Crippen MR) is 135 cm³/mol. The maximum absolute atomic E-state index is 12.8. The summed E-state index contributed by atoms with van der Waals surface area (Å²) in [5, 5.41) is 12.2. The molecule has 0 aliphatic carbocycles. The van der Waals surface area contributed by atoms with Crippen molar-refractivity contribution in [2.45, 2.75) is 25.7 Å². The number of hydrogen-bond donors (Lipinski definition) is 1. The van der Waals surface area contributed by atoms with Gasteiger partial charge in [0.15, 0.2) is 5.75 Å². The molecule has 0 fully saturated rings. The minimum absolute atomic E-state index is 0.0369. The summed E-state index contributed by atoms with van der Waals surface area (Å²) in [6.45, 7) is 5.63. The van der Waals surface area contributed by atoms with Crippen LogP contribution in [0.5, 0.6) is 11.5 Å². The Morgan fingerprint density at radius 3 is 2.43 bits per heavy atom. The van der Waals surface area contributed by atoms with Gasteiger partial charge < -0.3 is 14.2 Å². The molecule has 0 bridgehead atoms. The topological polar surface area (TPSA) is 105 Å². The van der Waals surface area contributed by atoms with Crippen LogP contribution in [0, 0.1) is 25.2 Å². The van der Waals surface area contributed by atoms with Crippen LogP contribution in [0.1, 0.15) is 23.6 Å². The lowest BCUT2D eigenvalue weighted by molar-refractivity contribution is -0.112. The number of aryl methyl sites for hydroxylation is 2. The molecule has 1 amide bonds. The van der Waals surface area contributed by atoms with Crippen molar-refractivity contribution in [2.75, 3.05) is 11.9 Å². The van der Waals surface area contributed by atoms with Gasteiger partial charge in [0, 0.05) is 5.69 Å². The summed E-state index contributed by atoms with van der Waals surface area (Å²) < 4.78 is 36.4. The summed E-state index contributed by atoms with van der Waals surface area (Å²) in [5.41, 5.74) is 2.58. The highest BCUT2D eigenvalue weighted by Crippen LogP contribution is 2.39. The molecule has 9 heteroatoms. The highest BCUT2D eigenvalue weighted by Gasteiger charge is 2.22. The molecule has 7 nitrogen and oxygen atoms in total. The number of nitrogens with one attached hydrogen (secondary N) is 1. The second-order valence-electron chi connectivity index (χ2n) is 7.61. The quantitative estimate of drug-likeness (QED) is 0.238. The van der Waals surface area contributed by atoms with Crippen LogP contribution in [0.4, 0.5) is 5.69 Å². The predicted octanol–water partition coefficient (Wildman–Crippen LogP) is 5.67. The largest absolute Gasteiger partial charge is 0.490 e. The van der Waals surface area contributed by atoms with E-state index in [1.165, 1.54) is 30.3 Å². The van der Waals surface area contributed by atoms with Crippen LogP contribution in [-0.2, 0) is 14.9 Å². The molecule has 1 N–H and O–H groups in total. The Hall–Kier alpha value is -3.80. The Balaban J connectivity index is 1.94. The highest BCUT2D eigenvalue weighted by molar-refractivity contribution is 7.87. The van der Waals surface area contributed by atoms with Crippen LogP contribution in [0.25, 0.3) is 6.08 Å². The van der Waals surface area contributed by atoms with Gasteiger partial charge in [-0.25, -0.2) is 0 Å². The van der Waals surface area contributed by atoms with E-state index in [0.29, 0.717) is 11.3 Å². The third kappa shape index (κ3) is 6.63. The van der Waals surface area contributed by atoms with Gasteiger partial charge in [0.25, 0.3) is 5.91 Å². The van der Waals surface area contributed by atoms with E-state index < -0.39 is 16.0 Å². The minimum Gasteiger partial charge on any atom is -0.490 e. The fourth-order valence-electron chi connectivity index (χ4n) is 3.11. The van der Waals surface area contributed by atoms with Gasteiger partial charge in [0.05, 0.1) is 11.6 Å². The van der Waals surface area contributed by atoms with Gasteiger partial charge in [-0.1, -0.05) is 41.4 Å². The lowest BCUT2D eigenvalue weighted by Crippen LogP contribution is -2.13. The van der Waals surface area contributed by atoms with E-state index in [1.54, 1.807) is 37.3 Å². The molecule has 0 atom stereocenters. The Labute approximate surface area is 209 Å². The number of halogens is 1. The molecule has 180 valence electrons. The summed E-state index contributed by atoms with van der Waals surface area (Å²) in [7, 11) is -4.18. The molecule has 0 saturated heterocycles. The molecule has 3 aromatic carbocycles. The summed E-state index contributed by atoms with van der Waals surface area (Å²) in [5.74, 6) is -0.735. The molecular weight excluding hydrogens is 488 g/mol. The molecule has 35 heavy (non-hydrogen) atoms. The fraction of sp³-hybridized carbons (Fsp3) is 0.154. The summed E-state index contributed by atoms with van der Waals surface area (Å²) >= 11 is 6.36. The van der Waals surface area contributed by atoms with Gasteiger partial charge >= 0.3 is 10.1 Å². The molecule has 3 aromatic rings. The Morgan fingerprint density at radius 1 is 1.09 bits per heavy atom. The zero-order valence-electron chi connectivity index (χ0n) is 19.3. The molecule has 0 saturated carbocycles. The van der Waals surface area contributed by atoms with E-state index in [-0.39, 0.29) is 33.6 Å². The van der Waals surface area contributed by atoms with Gasteiger partial charge in [-0.2, -0.15) is 13.7 Å². The fourth-order valence-corrected chi connectivity index (χ4v) is 4.37. The van der Waals surface area contributed by atoms with Gasteiger partial charge in [0.2, 0.25) is 5.75 Å². The van der Waals surface area contributed by atoms with Crippen LogP contribution >= 0.6 is 11.6 Å². The second kappa shape index (κ2) is 11.1. The van der Waals surface area contributed by atoms with Crippen LogP contribution in [0.15, 0.2) is 71.1 Å². The molecular formula is C26H23ClN2O5S. The first kappa shape index (κ1) is 25.8. The van der Waals surface area contributed by atoms with Gasteiger partial charge in [-0.05, 0) is 74.4 Å². The molecule has 0 unspecified atom stereocenters. The van der Waals surface area contributed by atoms with Crippen molar-refractivity contribution >= 4 is 39.4 Å². The van der Waals surface area contributed by atoms with Crippen molar-refractivity contribution in [1.82, 2.24) is 0 Å². The Bertz CT molecular complexity index is 1430. The maximum atomic E-state index is 12.8. The monoisotopic (exact) mass is 510 g/mol. The van der Waals surface area contributed by atoms with Crippen molar-refractivity contribution < 1.29 is 22.1 Å². The SMILES string of the molecule is CCOc1cc(/C=C(\C#N)C(=O)Nc2cccc(C)c2)cc(Cl)c1OS(=O)(=O)c1ccc(C)cc1. The zero-order chi connectivity index (χ0) is 25.6. The van der Waals surface area contributed by atoms with Crippen LogP contribution < -0.4 is 14.2 Å². The van der Waals surface area contributed by atoms with Gasteiger partial charge in [-0.3, -0.25) is 4.79 Å². The number of amides is 1. The molecule has 0 aliphatic heterocycles. The second-order valence-corrected chi connectivity index (χ2v) is 9.56. The summed E-state index contributed by atoms with van der Waals surface area (Å²) in [4.78, 5) is 12.6. The summed E-state index contributed by atoms with van der Waals surface area (Å²) in [6.07, 6.45) is 1.33.